The number of ether oxygens (including phenoxy) is 1. The first kappa shape index (κ1) is 12.0. The van der Waals surface area contributed by atoms with Gasteiger partial charge in [0.15, 0.2) is 0 Å². The zero-order valence-electron chi connectivity index (χ0n) is 11.1. The van der Waals surface area contributed by atoms with E-state index in [0.717, 1.165) is 16.8 Å². The number of H-pyrrole nitrogens is 1. The van der Waals surface area contributed by atoms with Crippen molar-refractivity contribution in [1.82, 2.24) is 14.8 Å². The molecule has 0 spiro atoms. The molecule has 5 nitrogen and oxygen atoms in total. The van der Waals surface area contributed by atoms with Gasteiger partial charge in [-0.25, -0.2) is 4.79 Å². The Hall–Kier alpha value is -2.04. The fraction of sp³-hybridized carbons (Fsp3) is 0.429. The van der Waals surface area contributed by atoms with E-state index in [0.29, 0.717) is 18.3 Å². The van der Waals surface area contributed by atoms with Gasteiger partial charge in [-0.05, 0) is 38.3 Å². The van der Waals surface area contributed by atoms with Gasteiger partial charge in [0.05, 0.1) is 18.3 Å². The molecule has 0 aliphatic heterocycles. The van der Waals surface area contributed by atoms with E-state index in [2.05, 4.69) is 10.1 Å². The number of nitrogens with zero attached hydrogens (tertiary/aromatic N) is 2. The molecule has 2 heterocycles. The lowest BCUT2D eigenvalue weighted by atomic mass is 10.1. The van der Waals surface area contributed by atoms with Gasteiger partial charge in [0.25, 0.3) is 0 Å². The van der Waals surface area contributed by atoms with E-state index in [9.17, 15) is 4.79 Å². The van der Waals surface area contributed by atoms with Crippen LogP contribution < -0.4 is 0 Å². The summed E-state index contributed by atoms with van der Waals surface area (Å²) in [6.45, 7) is 4.09. The van der Waals surface area contributed by atoms with Crippen LogP contribution in [0.5, 0.6) is 0 Å². The van der Waals surface area contributed by atoms with Crippen LogP contribution in [0.2, 0.25) is 0 Å². The topological polar surface area (TPSA) is 59.9 Å². The molecule has 2 aromatic rings. The number of aromatic nitrogens is 3. The number of aromatic amines is 1. The number of rotatable bonds is 4. The second-order valence-corrected chi connectivity index (χ2v) is 4.83. The molecule has 0 radical (unpaired) electrons. The van der Waals surface area contributed by atoms with Crippen molar-refractivity contribution in [3.63, 3.8) is 0 Å². The molecule has 1 aliphatic carbocycles. The van der Waals surface area contributed by atoms with Crippen molar-refractivity contribution in [2.45, 2.75) is 32.7 Å². The minimum atomic E-state index is -0.312. The van der Waals surface area contributed by atoms with Crippen LogP contribution in [0.4, 0.5) is 0 Å². The Labute approximate surface area is 111 Å². The standard InChI is InChI=1S/C14H17N3O2/c1-3-19-14(18)13-9(2)11(8-15-13)12-6-7-17(16-12)10-4-5-10/h6-8,10,15H,3-5H2,1-2H3. The van der Waals surface area contributed by atoms with Crippen molar-refractivity contribution < 1.29 is 9.53 Å². The average molecular weight is 259 g/mol. The summed E-state index contributed by atoms with van der Waals surface area (Å²) < 4.78 is 7.02. The molecule has 0 bridgehead atoms. The molecule has 0 atom stereocenters. The quantitative estimate of drug-likeness (QED) is 0.859. The van der Waals surface area contributed by atoms with Crippen molar-refractivity contribution in [2.75, 3.05) is 6.61 Å². The lowest BCUT2D eigenvalue weighted by Crippen LogP contribution is -2.06. The molecule has 1 fully saturated rings. The Bertz CT molecular complexity index is 608. The van der Waals surface area contributed by atoms with Gasteiger partial charge >= 0.3 is 5.97 Å². The van der Waals surface area contributed by atoms with E-state index in [-0.39, 0.29) is 5.97 Å². The summed E-state index contributed by atoms with van der Waals surface area (Å²) in [6, 6.07) is 2.56. The number of nitrogens with one attached hydrogen (secondary N) is 1. The molecule has 1 N–H and O–H groups in total. The fourth-order valence-corrected chi connectivity index (χ4v) is 2.20. The maximum atomic E-state index is 11.8. The van der Waals surface area contributed by atoms with Crippen LogP contribution in [0, 0.1) is 6.92 Å². The Morgan fingerprint density at radius 2 is 2.37 bits per heavy atom. The molecule has 1 aliphatic rings. The van der Waals surface area contributed by atoms with Gasteiger partial charge in [0.2, 0.25) is 0 Å². The molecule has 0 amide bonds. The second-order valence-electron chi connectivity index (χ2n) is 4.83. The minimum Gasteiger partial charge on any atom is -0.461 e. The summed E-state index contributed by atoms with van der Waals surface area (Å²) in [5.41, 5.74) is 3.26. The lowest BCUT2D eigenvalue weighted by molar-refractivity contribution is 0.0519. The summed E-state index contributed by atoms with van der Waals surface area (Å²) in [4.78, 5) is 14.7. The Morgan fingerprint density at radius 3 is 3.05 bits per heavy atom. The van der Waals surface area contributed by atoms with E-state index >= 15 is 0 Å². The van der Waals surface area contributed by atoms with E-state index in [4.69, 9.17) is 4.74 Å². The first-order valence-electron chi connectivity index (χ1n) is 6.61. The van der Waals surface area contributed by atoms with Crippen LogP contribution in [0.3, 0.4) is 0 Å². The highest BCUT2D eigenvalue weighted by molar-refractivity contribution is 5.91. The largest absolute Gasteiger partial charge is 0.461 e. The molecule has 0 aromatic carbocycles. The highest BCUT2D eigenvalue weighted by Crippen LogP contribution is 2.35. The van der Waals surface area contributed by atoms with Crippen molar-refractivity contribution in [3.05, 3.63) is 29.7 Å². The highest BCUT2D eigenvalue weighted by atomic mass is 16.5. The van der Waals surface area contributed by atoms with E-state index in [1.165, 1.54) is 12.8 Å². The molecular weight excluding hydrogens is 242 g/mol. The first-order chi connectivity index (χ1) is 9.20. The predicted molar refractivity (Wildman–Crippen MR) is 71.0 cm³/mol. The third-order valence-corrected chi connectivity index (χ3v) is 3.42. The maximum Gasteiger partial charge on any atom is 0.355 e. The molecular formula is C14H17N3O2. The fourth-order valence-electron chi connectivity index (χ4n) is 2.20. The van der Waals surface area contributed by atoms with Crippen molar-refractivity contribution in [3.8, 4) is 11.3 Å². The lowest BCUT2D eigenvalue weighted by Gasteiger charge is -2.01. The van der Waals surface area contributed by atoms with Gasteiger partial charge in [-0.2, -0.15) is 5.10 Å². The average Bonchev–Trinajstić information content (AvgIpc) is 3.00. The number of carbonyl (C=O) groups excluding carboxylic acids is 1. The van der Waals surface area contributed by atoms with E-state index in [1.807, 2.05) is 30.1 Å². The van der Waals surface area contributed by atoms with Gasteiger partial charge in [0, 0.05) is 18.0 Å². The minimum absolute atomic E-state index is 0.312. The Kier molecular flexibility index (Phi) is 2.89. The molecule has 1 saturated carbocycles. The van der Waals surface area contributed by atoms with Crippen molar-refractivity contribution in [1.29, 1.82) is 0 Å². The molecule has 2 aromatic heterocycles. The van der Waals surface area contributed by atoms with Gasteiger partial charge in [-0.1, -0.05) is 0 Å². The number of carbonyl (C=O) groups is 1. The van der Waals surface area contributed by atoms with Crippen LogP contribution in [-0.4, -0.2) is 27.3 Å². The molecule has 19 heavy (non-hydrogen) atoms. The van der Waals surface area contributed by atoms with Crippen molar-refractivity contribution in [2.24, 2.45) is 0 Å². The normalized spacial score (nSPS) is 14.6. The zero-order valence-corrected chi connectivity index (χ0v) is 11.1. The zero-order chi connectivity index (χ0) is 13.4. The van der Waals surface area contributed by atoms with Gasteiger partial charge < -0.3 is 9.72 Å². The first-order valence-corrected chi connectivity index (χ1v) is 6.61. The van der Waals surface area contributed by atoms with Crippen LogP contribution >= 0.6 is 0 Å². The molecule has 100 valence electrons. The van der Waals surface area contributed by atoms with E-state index < -0.39 is 0 Å². The summed E-state index contributed by atoms with van der Waals surface area (Å²) in [6.07, 6.45) is 6.24. The van der Waals surface area contributed by atoms with Gasteiger partial charge in [0.1, 0.15) is 5.69 Å². The summed E-state index contributed by atoms with van der Waals surface area (Å²) in [5.74, 6) is -0.312. The maximum absolute atomic E-state index is 11.8. The number of hydrogen-bond acceptors (Lipinski definition) is 3. The summed E-state index contributed by atoms with van der Waals surface area (Å²) in [7, 11) is 0. The second kappa shape index (κ2) is 4.57. The van der Waals surface area contributed by atoms with Crippen LogP contribution in [0.1, 0.15) is 41.9 Å². The molecule has 3 rings (SSSR count). The van der Waals surface area contributed by atoms with E-state index in [1.54, 1.807) is 6.92 Å². The number of hydrogen-bond donors (Lipinski definition) is 1. The highest BCUT2D eigenvalue weighted by Gasteiger charge is 2.25. The van der Waals surface area contributed by atoms with Crippen LogP contribution in [0.25, 0.3) is 11.3 Å². The van der Waals surface area contributed by atoms with Crippen molar-refractivity contribution >= 4 is 5.97 Å². The van der Waals surface area contributed by atoms with Crippen LogP contribution in [-0.2, 0) is 4.74 Å². The summed E-state index contributed by atoms with van der Waals surface area (Å²) in [5, 5.41) is 4.57. The third kappa shape index (κ3) is 2.16. The smallest absolute Gasteiger partial charge is 0.355 e. The monoisotopic (exact) mass is 259 g/mol. The third-order valence-electron chi connectivity index (χ3n) is 3.42. The summed E-state index contributed by atoms with van der Waals surface area (Å²) >= 11 is 0. The Morgan fingerprint density at radius 1 is 1.58 bits per heavy atom. The SMILES string of the molecule is CCOC(=O)c1[nH]cc(-c2ccn(C3CC3)n2)c1C. The molecule has 0 unspecified atom stereocenters. The predicted octanol–water partition coefficient (Wildman–Crippen LogP) is 2.70. The molecule has 0 saturated heterocycles. The molecule has 5 heteroatoms. The number of esters is 1. The van der Waals surface area contributed by atoms with Gasteiger partial charge in [-0.15, -0.1) is 0 Å². The van der Waals surface area contributed by atoms with Gasteiger partial charge in [-0.3, -0.25) is 4.68 Å². The van der Waals surface area contributed by atoms with Crippen LogP contribution in [0.15, 0.2) is 18.5 Å². The Balaban J connectivity index is 1.89.